The number of hydrogen-bond donors (Lipinski definition) is 0. The van der Waals surface area contributed by atoms with Gasteiger partial charge in [-0.25, -0.2) is 4.39 Å². The molecule has 0 heterocycles. The smallest absolute Gasteiger partial charge is 0.339 e. The van der Waals surface area contributed by atoms with Gasteiger partial charge in [-0.3, -0.25) is 4.79 Å². The van der Waals surface area contributed by atoms with Crippen molar-refractivity contribution in [3.05, 3.63) is 53.8 Å². The Labute approximate surface area is 184 Å². The summed E-state index contributed by atoms with van der Waals surface area (Å²) in [6, 6.07) is 9.33. The molecule has 1 atom stereocenters. The van der Waals surface area contributed by atoms with Crippen LogP contribution in [0.3, 0.4) is 0 Å². The Bertz CT molecular complexity index is 990. The number of amides is 1. The summed E-state index contributed by atoms with van der Waals surface area (Å²) in [7, 11) is -2.78. The maximum Gasteiger partial charge on any atom is 0.339 e. The molecule has 2 aromatic carbocycles. The molecule has 2 rings (SSSR count). The molecule has 0 fully saturated rings. The first-order valence-electron chi connectivity index (χ1n) is 10.2. The molecule has 0 N–H and O–H groups in total. The lowest BCUT2D eigenvalue weighted by Gasteiger charge is -2.29. The van der Waals surface area contributed by atoms with E-state index < -0.39 is 15.9 Å². The zero-order valence-electron chi connectivity index (χ0n) is 18.6. The summed E-state index contributed by atoms with van der Waals surface area (Å²) in [5, 5.41) is 0. The number of halogens is 1. The van der Waals surface area contributed by atoms with Crippen LogP contribution in [0.15, 0.2) is 47.4 Å². The fourth-order valence-corrected chi connectivity index (χ4v) is 3.96. The zero-order chi connectivity index (χ0) is 23.2. The number of rotatable bonds is 10. The number of methoxy groups -OCH3 is 1. The molecule has 0 spiro atoms. The molecule has 0 saturated heterocycles. The first-order valence-corrected chi connectivity index (χ1v) is 11.6. The van der Waals surface area contributed by atoms with Gasteiger partial charge in [-0.1, -0.05) is 26.8 Å². The van der Waals surface area contributed by atoms with Crippen LogP contribution in [0.25, 0.3) is 0 Å². The van der Waals surface area contributed by atoms with Crippen LogP contribution < -0.4 is 8.92 Å². The summed E-state index contributed by atoms with van der Waals surface area (Å²) in [6.45, 7) is 8.30. The number of hydrogen-bond acceptors (Lipinski definition) is 5. The van der Waals surface area contributed by atoms with Crippen LogP contribution in [0.4, 0.5) is 4.39 Å². The van der Waals surface area contributed by atoms with Crippen LogP contribution in [0.2, 0.25) is 0 Å². The summed E-state index contributed by atoms with van der Waals surface area (Å²) < 4.78 is 49.0. The van der Waals surface area contributed by atoms with Crippen molar-refractivity contribution >= 4 is 16.0 Å². The predicted molar refractivity (Wildman–Crippen MR) is 117 cm³/mol. The molecule has 8 heteroatoms. The Morgan fingerprint density at radius 2 is 1.71 bits per heavy atom. The molecular formula is C23H30FNO5S. The first kappa shape index (κ1) is 24.7. The van der Waals surface area contributed by atoms with Crippen LogP contribution in [-0.4, -0.2) is 32.4 Å². The second kappa shape index (κ2) is 10.6. The van der Waals surface area contributed by atoms with Crippen LogP contribution in [0.1, 0.15) is 46.1 Å². The normalized spacial score (nSPS) is 12.5. The minimum Gasteiger partial charge on any atom is -0.493 e. The average molecular weight is 452 g/mol. The van der Waals surface area contributed by atoms with E-state index in [-0.39, 0.29) is 34.3 Å². The molecule has 2 aromatic rings. The minimum atomic E-state index is -4.19. The van der Waals surface area contributed by atoms with Gasteiger partial charge in [-0.2, -0.15) is 8.42 Å². The second-order valence-corrected chi connectivity index (χ2v) is 9.40. The number of carbonyl (C=O) groups is 1. The molecule has 1 amide bonds. The Hall–Kier alpha value is -2.61. The van der Waals surface area contributed by atoms with Gasteiger partial charge in [-0.05, 0) is 61.2 Å². The summed E-state index contributed by atoms with van der Waals surface area (Å²) in [6.07, 6.45) is 1.23. The molecule has 0 radical (unpaired) electrons. The summed E-state index contributed by atoms with van der Waals surface area (Å²) in [5.74, 6) is -0.0336. The molecule has 6 nitrogen and oxygen atoms in total. The largest absolute Gasteiger partial charge is 0.493 e. The van der Waals surface area contributed by atoms with E-state index in [1.807, 2.05) is 27.7 Å². The number of carbonyl (C=O) groups excluding carboxylic acids is 1. The first-order chi connectivity index (χ1) is 14.6. The summed E-state index contributed by atoms with van der Waals surface area (Å²) >= 11 is 0. The molecule has 0 aliphatic carbocycles. The molecule has 0 saturated carbocycles. The summed E-state index contributed by atoms with van der Waals surface area (Å²) in [5.41, 5.74) is 0.711. The highest BCUT2D eigenvalue weighted by Crippen LogP contribution is 2.32. The van der Waals surface area contributed by atoms with Gasteiger partial charge < -0.3 is 13.8 Å². The third-order valence-electron chi connectivity index (χ3n) is 4.91. The van der Waals surface area contributed by atoms with Gasteiger partial charge in [0.2, 0.25) is 5.91 Å². The van der Waals surface area contributed by atoms with Crippen molar-refractivity contribution in [2.75, 3.05) is 7.11 Å². The second-order valence-electron chi connectivity index (χ2n) is 7.85. The van der Waals surface area contributed by atoms with Crippen LogP contribution in [0, 0.1) is 11.7 Å². The molecule has 0 aliphatic rings. The van der Waals surface area contributed by atoms with E-state index in [9.17, 15) is 17.6 Å². The van der Waals surface area contributed by atoms with Gasteiger partial charge in [0.05, 0.1) is 7.11 Å². The Morgan fingerprint density at radius 3 is 2.26 bits per heavy atom. The summed E-state index contributed by atoms with van der Waals surface area (Å²) in [4.78, 5) is 14.4. The molecule has 0 unspecified atom stereocenters. The molecule has 170 valence electrons. The Kier molecular flexibility index (Phi) is 8.44. The van der Waals surface area contributed by atoms with Gasteiger partial charge in [0.25, 0.3) is 0 Å². The van der Waals surface area contributed by atoms with Crippen LogP contribution in [-0.2, 0) is 21.5 Å². The lowest BCUT2D eigenvalue weighted by molar-refractivity contribution is -0.134. The number of ether oxygens (including phenoxy) is 1. The highest BCUT2D eigenvalue weighted by molar-refractivity contribution is 7.87. The van der Waals surface area contributed by atoms with Gasteiger partial charge in [0, 0.05) is 19.0 Å². The fourth-order valence-electron chi connectivity index (χ4n) is 3.03. The van der Waals surface area contributed by atoms with Crippen molar-refractivity contribution in [2.45, 2.75) is 58.0 Å². The highest BCUT2D eigenvalue weighted by Gasteiger charge is 2.23. The molecule has 31 heavy (non-hydrogen) atoms. The van der Waals surface area contributed by atoms with E-state index in [1.54, 1.807) is 23.1 Å². The molecule has 0 aromatic heterocycles. The zero-order valence-corrected chi connectivity index (χ0v) is 19.4. The van der Waals surface area contributed by atoms with Crippen LogP contribution >= 0.6 is 0 Å². The van der Waals surface area contributed by atoms with Gasteiger partial charge in [-0.15, -0.1) is 0 Å². The van der Waals surface area contributed by atoms with Crippen LogP contribution in [0.5, 0.6) is 11.5 Å². The van der Waals surface area contributed by atoms with E-state index in [0.717, 1.165) is 30.7 Å². The van der Waals surface area contributed by atoms with E-state index in [4.69, 9.17) is 8.92 Å². The van der Waals surface area contributed by atoms with Crippen molar-refractivity contribution in [3.63, 3.8) is 0 Å². The third kappa shape index (κ3) is 6.69. The van der Waals surface area contributed by atoms with E-state index in [2.05, 4.69) is 0 Å². The quantitative estimate of drug-likeness (QED) is 0.486. The van der Waals surface area contributed by atoms with Crippen molar-refractivity contribution in [2.24, 2.45) is 5.92 Å². The number of nitrogens with zero attached hydrogens (tertiary/aromatic N) is 1. The standard InChI is InChI=1S/C23H30FNO5S/c1-6-17(4)25(23(26)13-16(2)3)15-18-7-12-21(29-5)22(14-18)30-31(27,28)20-10-8-19(24)9-11-20/h7-12,14,16-17H,6,13,15H2,1-5H3/t17-/m1/s1. The van der Waals surface area contributed by atoms with Crippen molar-refractivity contribution in [1.29, 1.82) is 0 Å². The predicted octanol–water partition coefficient (Wildman–Crippen LogP) is 4.78. The fraction of sp³-hybridized carbons (Fsp3) is 0.435. The average Bonchev–Trinajstić information content (AvgIpc) is 2.71. The molecule has 0 bridgehead atoms. The van der Waals surface area contributed by atoms with E-state index in [1.165, 1.54) is 7.11 Å². The monoisotopic (exact) mass is 451 g/mol. The van der Waals surface area contributed by atoms with E-state index >= 15 is 0 Å². The lowest BCUT2D eigenvalue weighted by atomic mass is 10.1. The SMILES string of the molecule is CC[C@@H](C)N(Cc1ccc(OC)c(OS(=O)(=O)c2ccc(F)cc2)c1)C(=O)CC(C)C. The van der Waals surface area contributed by atoms with E-state index in [0.29, 0.717) is 18.5 Å². The van der Waals surface area contributed by atoms with Gasteiger partial charge >= 0.3 is 10.1 Å². The van der Waals surface area contributed by atoms with Gasteiger partial charge in [0.15, 0.2) is 11.5 Å². The van der Waals surface area contributed by atoms with Crippen molar-refractivity contribution in [1.82, 2.24) is 4.90 Å². The Balaban J connectivity index is 2.34. The molecular weight excluding hydrogens is 421 g/mol. The highest BCUT2D eigenvalue weighted by atomic mass is 32.2. The number of benzene rings is 2. The van der Waals surface area contributed by atoms with Crippen molar-refractivity contribution < 1.29 is 26.5 Å². The van der Waals surface area contributed by atoms with Crippen molar-refractivity contribution in [3.8, 4) is 11.5 Å². The maximum atomic E-state index is 13.1. The van der Waals surface area contributed by atoms with Gasteiger partial charge in [0.1, 0.15) is 10.7 Å². The topological polar surface area (TPSA) is 72.9 Å². The Morgan fingerprint density at radius 1 is 1.06 bits per heavy atom. The third-order valence-corrected chi connectivity index (χ3v) is 6.16. The minimum absolute atomic E-state index is 0.00438. The maximum absolute atomic E-state index is 13.1. The lowest BCUT2D eigenvalue weighted by Crippen LogP contribution is -2.38. The molecule has 0 aliphatic heterocycles.